The van der Waals surface area contributed by atoms with Crippen LogP contribution in [0.5, 0.6) is 5.75 Å². The van der Waals surface area contributed by atoms with Gasteiger partial charge in [0.25, 0.3) is 5.91 Å². The number of rotatable bonds is 4. The van der Waals surface area contributed by atoms with Crippen molar-refractivity contribution >= 4 is 38.5 Å². The Morgan fingerprint density at radius 1 is 1.25 bits per heavy atom. The number of nitrogens with two attached hydrogens (primary N) is 1. The fourth-order valence-corrected chi connectivity index (χ4v) is 2.95. The molecule has 0 aromatic heterocycles. The summed E-state index contributed by atoms with van der Waals surface area (Å²) in [7, 11) is 0. The summed E-state index contributed by atoms with van der Waals surface area (Å²) in [6.45, 7) is 0.804. The molecule has 3 rings (SSSR count). The maximum absolute atomic E-state index is 12.2. The van der Waals surface area contributed by atoms with Crippen LogP contribution in [0.15, 0.2) is 40.9 Å². The van der Waals surface area contributed by atoms with Crippen LogP contribution in [0, 0.1) is 0 Å². The highest BCUT2D eigenvalue weighted by Gasteiger charge is 2.27. The van der Waals surface area contributed by atoms with E-state index >= 15 is 0 Å². The number of ether oxygens (including phenoxy) is 2. The SMILES string of the molecule is NC(=O)C1CN(C(=O)COc2ccc3cc(Br)ccc3c2)CCO1. The number of hydrogen-bond donors (Lipinski definition) is 1. The van der Waals surface area contributed by atoms with Crippen molar-refractivity contribution in [2.75, 3.05) is 26.3 Å². The Bertz CT molecular complexity index is 780. The lowest BCUT2D eigenvalue weighted by Crippen LogP contribution is -2.51. The van der Waals surface area contributed by atoms with Crippen LogP contribution in [0.2, 0.25) is 0 Å². The van der Waals surface area contributed by atoms with Crippen LogP contribution in [-0.4, -0.2) is 49.1 Å². The zero-order valence-electron chi connectivity index (χ0n) is 12.9. The Morgan fingerprint density at radius 2 is 2.00 bits per heavy atom. The van der Waals surface area contributed by atoms with E-state index in [0.717, 1.165) is 15.2 Å². The van der Waals surface area contributed by atoms with Gasteiger partial charge in [0.1, 0.15) is 5.75 Å². The minimum absolute atomic E-state index is 0.0898. The average molecular weight is 393 g/mol. The molecule has 0 saturated carbocycles. The lowest BCUT2D eigenvalue weighted by atomic mass is 10.1. The summed E-state index contributed by atoms with van der Waals surface area (Å²) in [5, 5.41) is 2.11. The molecule has 24 heavy (non-hydrogen) atoms. The van der Waals surface area contributed by atoms with Crippen LogP contribution in [0.25, 0.3) is 10.8 Å². The van der Waals surface area contributed by atoms with Gasteiger partial charge in [-0.25, -0.2) is 0 Å². The Hall–Kier alpha value is -2.12. The van der Waals surface area contributed by atoms with E-state index in [1.54, 1.807) is 0 Å². The van der Waals surface area contributed by atoms with E-state index in [1.165, 1.54) is 4.90 Å². The highest BCUT2D eigenvalue weighted by Crippen LogP contribution is 2.24. The van der Waals surface area contributed by atoms with Gasteiger partial charge in [-0.3, -0.25) is 9.59 Å². The number of nitrogens with zero attached hydrogens (tertiary/aromatic N) is 1. The number of morpholine rings is 1. The van der Waals surface area contributed by atoms with Crippen molar-refractivity contribution in [3.05, 3.63) is 40.9 Å². The Balaban J connectivity index is 1.61. The Morgan fingerprint density at radius 3 is 2.79 bits per heavy atom. The Labute approximate surface area is 147 Å². The first-order valence-electron chi connectivity index (χ1n) is 7.54. The van der Waals surface area contributed by atoms with E-state index in [0.29, 0.717) is 18.9 Å². The molecule has 2 amide bonds. The molecule has 1 unspecified atom stereocenters. The molecule has 0 radical (unpaired) electrons. The van der Waals surface area contributed by atoms with Gasteiger partial charge in [0.05, 0.1) is 13.2 Å². The third kappa shape index (κ3) is 3.85. The molecule has 0 bridgehead atoms. The second kappa shape index (κ2) is 7.19. The fourth-order valence-electron chi connectivity index (χ4n) is 2.57. The van der Waals surface area contributed by atoms with Crippen molar-refractivity contribution in [3.8, 4) is 5.75 Å². The van der Waals surface area contributed by atoms with Crippen molar-refractivity contribution in [2.24, 2.45) is 5.73 Å². The van der Waals surface area contributed by atoms with Crippen LogP contribution in [0.1, 0.15) is 0 Å². The van der Waals surface area contributed by atoms with Crippen molar-refractivity contribution in [2.45, 2.75) is 6.10 Å². The average Bonchev–Trinajstić information content (AvgIpc) is 2.59. The van der Waals surface area contributed by atoms with Gasteiger partial charge in [-0.2, -0.15) is 0 Å². The molecule has 2 N–H and O–H groups in total. The van der Waals surface area contributed by atoms with Crippen molar-refractivity contribution < 1.29 is 19.1 Å². The zero-order chi connectivity index (χ0) is 17.1. The highest BCUT2D eigenvalue weighted by molar-refractivity contribution is 9.10. The summed E-state index contributed by atoms with van der Waals surface area (Å²) in [6.07, 6.45) is -0.748. The standard InChI is InChI=1S/C17H17BrN2O4/c18-13-3-1-12-8-14(4-2-11(12)7-13)24-10-16(21)20-5-6-23-15(9-20)17(19)22/h1-4,7-8,15H,5-6,9-10H2,(H2,19,22). The predicted molar refractivity (Wildman–Crippen MR) is 92.7 cm³/mol. The van der Waals surface area contributed by atoms with E-state index in [4.69, 9.17) is 15.2 Å². The van der Waals surface area contributed by atoms with Crippen LogP contribution in [-0.2, 0) is 14.3 Å². The van der Waals surface area contributed by atoms with Gasteiger partial charge in [-0.1, -0.05) is 28.1 Å². The van der Waals surface area contributed by atoms with Gasteiger partial charge in [0.15, 0.2) is 12.7 Å². The molecular weight excluding hydrogens is 376 g/mol. The first kappa shape index (κ1) is 16.7. The van der Waals surface area contributed by atoms with E-state index in [-0.39, 0.29) is 19.1 Å². The first-order valence-corrected chi connectivity index (χ1v) is 8.33. The summed E-state index contributed by atoms with van der Waals surface area (Å²) in [5.74, 6) is -0.132. The third-order valence-corrected chi connectivity index (χ3v) is 4.37. The molecule has 0 aliphatic carbocycles. The lowest BCUT2D eigenvalue weighted by molar-refractivity contribution is -0.146. The number of halogens is 1. The fraction of sp³-hybridized carbons (Fsp3) is 0.294. The number of fused-ring (bicyclic) bond motifs is 1. The zero-order valence-corrected chi connectivity index (χ0v) is 14.5. The number of benzene rings is 2. The predicted octanol–water partition coefficient (Wildman–Crippen LogP) is 1.69. The number of carbonyl (C=O) groups is 2. The van der Waals surface area contributed by atoms with Crippen molar-refractivity contribution in [1.29, 1.82) is 0 Å². The number of amides is 2. The van der Waals surface area contributed by atoms with Gasteiger partial charge in [-0.05, 0) is 35.0 Å². The molecule has 1 atom stereocenters. The molecule has 1 aliphatic heterocycles. The molecule has 126 valence electrons. The van der Waals surface area contributed by atoms with Crippen LogP contribution in [0.4, 0.5) is 0 Å². The van der Waals surface area contributed by atoms with Gasteiger partial charge in [0, 0.05) is 11.0 Å². The first-order chi connectivity index (χ1) is 11.5. The largest absolute Gasteiger partial charge is 0.484 e. The molecular formula is C17H17BrN2O4. The Kier molecular flexibility index (Phi) is 5.01. The molecule has 1 heterocycles. The van der Waals surface area contributed by atoms with Gasteiger partial charge < -0.3 is 20.1 Å². The quantitative estimate of drug-likeness (QED) is 0.858. The van der Waals surface area contributed by atoms with E-state index < -0.39 is 12.0 Å². The third-order valence-electron chi connectivity index (χ3n) is 3.87. The summed E-state index contributed by atoms with van der Waals surface area (Å²) in [6, 6.07) is 11.6. The molecule has 2 aromatic carbocycles. The normalized spacial score (nSPS) is 17.7. The lowest BCUT2D eigenvalue weighted by Gasteiger charge is -2.31. The molecule has 6 nitrogen and oxygen atoms in total. The molecule has 1 saturated heterocycles. The maximum atomic E-state index is 12.2. The topological polar surface area (TPSA) is 81.9 Å². The van der Waals surface area contributed by atoms with Crippen LogP contribution < -0.4 is 10.5 Å². The maximum Gasteiger partial charge on any atom is 0.260 e. The van der Waals surface area contributed by atoms with E-state index in [1.807, 2.05) is 36.4 Å². The molecule has 7 heteroatoms. The molecule has 1 fully saturated rings. The molecule has 0 spiro atoms. The highest BCUT2D eigenvalue weighted by atomic mass is 79.9. The van der Waals surface area contributed by atoms with Gasteiger partial charge >= 0.3 is 0 Å². The second-order valence-electron chi connectivity index (χ2n) is 5.54. The number of primary amides is 1. The summed E-state index contributed by atoms with van der Waals surface area (Å²) < 4.78 is 11.8. The summed E-state index contributed by atoms with van der Waals surface area (Å²) in [4.78, 5) is 24.9. The van der Waals surface area contributed by atoms with Gasteiger partial charge in [0.2, 0.25) is 5.91 Å². The van der Waals surface area contributed by atoms with Crippen LogP contribution in [0.3, 0.4) is 0 Å². The minimum Gasteiger partial charge on any atom is -0.484 e. The monoisotopic (exact) mass is 392 g/mol. The number of hydrogen-bond acceptors (Lipinski definition) is 4. The second-order valence-corrected chi connectivity index (χ2v) is 6.46. The molecule has 1 aliphatic rings. The smallest absolute Gasteiger partial charge is 0.260 e. The van der Waals surface area contributed by atoms with Gasteiger partial charge in [-0.15, -0.1) is 0 Å². The summed E-state index contributed by atoms with van der Waals surface area (Å²) in [5.41, 5.74) is 5.22. The van der Waals surface area contributed by atoms with Crippen LogP contribution >= 0.6 is 15.9 Å². The minimum atomic E-state index is -0.748. The van der Waals surface area contributed by atoms with E-state index in [2.05, 4.69) is 15.9 Å². The molecule has 2 aromatic rings. The number of carbonyl (C=O) groups excluding carboxylic acids is 2. The van der Waals surface area contributed by atoms with E-state index in [9.17, 15) is 9.59 Å². The van der Waals surface area contributed by atoms with Crippen molar-refractivity contribution in [1.82, 2.24) is 4.90 Å². The van der Waals surface area contributed by atoms with Crippen molar-refractivity contribution in [3.63, 3.8) is 0 Å². The summed E-state index contributed by atoms with van der Waals surface area (Å²) >= 11 is 3.44.